The fraction of sp³-hybridized carbons (Fsp3) is 0.538. The number of hydrogen-bond acceptors (Lipinski definition) is 0. The van der Waals surface area contributed by atoms with Crippen LogP contribution in [0, 0.1) is 48.4 Å². The van der Waals surface area contributed by atoms with E-state index in [1.54, 1.807) is 0 Å². The van der Waals surface area contributed by atoms with E-state index in [-0.39, 0.29) is 5.41 Å². The summed E-state index contributed by atoms with van der Waals surface area (Å²) in [5.74, 6) is 8.43. The van der Waals surface area contributed by atoms with Gasteiger partial charge in [-0.15, -0.1) is 37.0 Å². The van der Waals surface area contributed by atoms with Crippen LogP contribution in [0.3, 0.4) is 0 Å². The highest BCUT2D eigenvalue weighted by molar-refractivity contribution is 5.07. The number of rotatable bonds is 4. The van der Waals surface area contributed by atoms with Crippen LogP contribution >= 0.6 is 0 Å². The summed E-state index contributed by atoms with van der Waals surface area (Å²) in [6, 6.07) is 0. The quantitative estimate of drug-likeness (QED) is 0.572. The van der Waals surface area contributed by atoms with Gasteiger partial charge in [0, 0.05) is 24.7 Å². The molecule has 0 aromatic carbocycles. The molecule has 0 saturated carbocycles. The molecular weight excluding hydrogens is 156 g/mol. The fourth-order valence-electron chi connectivity index (χ4n) is 1.41. The van der Waals surface area contributed by atoms with Crippen molar-refractivity contribution in [3.63, 3.8) is 0 Å². The molecule has 0 amide bonds. The van der Waals surface area contributed by atoms with Gasteiger partial charge in [-0.1, -0.05) is 13.8 Å². The molecule has 0 aliphatic rings. The summed E-state index contributed by atoms with van der Waals surface area (Å²) >= 11 is 0. The lowest BCUT2D eigenvalue weighted by molar-refractivity contribution is 0.209. The van der Waals surface area contributed by atoms with Crippen LogP contribution in [0.1, 0.15) is 33.1 Å². The molecule has 0 aromatic rings. The Morgan fingerprint density at radius 2 is 1.23 bits per heavy atom. The lowest BCUT2D eigenvalue weighted by atomic mass is 9.70. The highest BCUT2D eigenvalue weighted by Crippen LogP contribution is 2.37. The molecule has 0 unspecified atom stereocenters. The molecule has 0 N–H and O–H groups in total. The van der Waals surface area contributed by atoms with E-state index in [4.69, 9.17) is 19.3 Å². The van der Waals surface area contributed by atoms with Gasteiger partial charge in [-0.2, -0.15) is 0 Å². The SMILES string of the molecule is C#CCC(CC#C)(CC#C)C(C)C. The van der Waals surface area contributed by atoms with Gasteiger partial charge in [0.25, 0.3) is 0 Å². The predicted molar refractivity (Wildman–Crippen MR) is 57.6 cm³/mol. The lowest BCUT2D eigenvalue weighted by Crippen LogP contribution is -2.26. The minimum atomic E-state index is -0.0573. The highest BCUT2D eigenvalue weighted by atomic mass is 14.3. The molecule has 0 aliphatic heterocycles. The number of terminal acetylenes is 3. The maximum atomic E-state index is 5.33. The molecule has 0 radical (unpaired) electrons. The van der Waals surface area contributed by atoms with Gasteiger partial charge in [-0.3, -0.25) is 0 Å². The van der Waals surface area contributed by atoms with Gasteiger partial charge in [0.1, 0.15) is 0 Å². The van der Waals surface area contributed by atoms with Crippen molar-refractivity contribution in [2.45, 2.75) is 33.1 Å². The van der Waals surface area contributed by atoms with Crippen molar-refractivity contribution >= 4 is 0 Å². The van der Waals surface area contributed by atoms with Crippen LogP contribution in [0.5, 0.6) is 0 Å². The Morgan fingerprint density at radius 3 is 1.38 bits per heavy atom. The first-order valence-corrected chi connectivity index (χ1v) is 4.43. The first-order valence-electron chi connectivity index (χ1n) is 4.43. The Hall–Kier alpha value is -1.32. The van der Waals surface area contributed by atoms with E-state index >= 15 is 0 Å². The van der Waals surface area contributed by atoms with E-state index in [0.29, 0.717) is 25.2 Å². The topological polar surface area (TPSA) is 0 Å². The van der Waals surface area contributed by atoms with Crippen molar-refractivity contribution in [1.82, 2.24) is 0 Å². The van der Waals surface area contributed by atoms with Gasteiger partial charge < -0.3 is 0 Å². The van der Waals surface area contributed by atoms with Gasteiger partial charge in [0.05, 0.1) is 0 Å². The molecule has 0 atom stereocenters. The van der Waals surface area contributed by atoms with E-state index in [1.807, 2.05) is 0 Å². The van der Waals surface area contributed by atoms with Crippen LogP contribution in [-0.4, -0.2) is 0 Å². The van der Waals surface area contributed by atoms with Gasteiger partial charge in [-0.05, 0) is 5.92 Å². The van der Waals surface area contributed by atoms with Crippen molar-refractivity contribution in [3.8, 4) is 37.0 Å². The van der Waals surface area contributed by atoms with E-state index in [1.165, 1.54) is 0 Å². The first kappa shape index (κ1) is 11.7. The average molecular weight is 172 g/mol. The molecule has 0 aromatic heterocycles. The maximum Gasteiger partial charge on any atom is 0.0163 e. The minimum absolute atomic E-state index is 0.0573. The average Bonchev–Trinajstić information content (AvgIpc) is 2.05. The van der Waals surface area contributed by atoms with Crippen LogP contribution in [-0.2, 0) is 0 Å². The van der Waals surface area contributed by atoms with Crippen molar-refractivity contribution in [2.24, 2.45) is 11.3 Å². The van der Waals surface area contributed by atoms with Gasteiger partial charge >= 0.3 is 0 Å². The van der Waals surface area contributed by atoms with Crippen LogP contribution in [0.25, 0.3) is 0 Å². The van der Waals surface area contributed by atoms with E-state index < -0.39 is 0 Å². The third kappa shape index (κ3) is 2.89. The van der Waals surface area contributed by atoms with Crippen LogP contribution in [0.2, 0.25) is 0 Å². The molecule has 0 rings (SSSR count). The Balaban J connectivity index is 4.75. The largest absolute Gasteiger partial charge is 0.120 e. The summed E-state index contributed by atoms with van der Waals surface area (Å²) in [6.45, 7) is 4.23. The zero-order chi connectivity index (χ0) is 10.3. The Labute approximate surface area is 82.1 Å². The normalized spacial score (nSPS) is 10.2. The second kappa shape index (κ2) is 5.35. The maximum absolute atomic E-state index is 5.33. The minimum Gasteiger partial charge on any atom is -0.120 e. The van der Waals surface area contributed by atoms with Crippen molar-refractivity contribution < 1.29 is 0 Å². The molecule has 0 spiro atoms. The van der Waals surface area contributed by atoms with Gasteiger partial charge in [0.15, 0.2) is 0 Å². The monoisotopic (exact) mass is 172 g/mol. The molecule has 0 saturated heterocycles. The zero-order valence-electron chi connectivity index (χ0n) is 8.43. The summed E-state index contributed by atoms with van der Waals surface area (Å²) in [4.78, 5) is 0. The summed E-state index contributed by atoms with van der Waals surface area (Å²) < 4.78 is 0. The summed E-state index contributed by atoms with van der Waals surface area (Å²) in [5, 5.41) is 0. The van der Waals surface area contributed by atoms with Gasteiger partial charge in [-0.25, -0.2) is 0 Å². The molecule has 0 heterocycles. The second-order valence-corrected chi connectivity index (χ2v) is 3.66. The van der Waals surface area contributed by atoms with Crippen molar-refractivity contribution in [3.05, 3.63) is 0 Å². The van der Waals surface area contributed by atoms with Crippen LogP contribution in [0.15, 0.2) is 0 Å². The van der Waals surface area contributed by atoms with E-state index in [0.717, 1.165) is 0 Å². The molecule has 0 bridgehead atoms. The third-order valence-electron chi connectivity index (χ3n) is 2.59. The Bertz CT molecular complexity index is 221. The number of hydrogen-bond donors (Lipinski definition) is 0. The highest BCUT2D eigenvalue weighted by Gasteiger charge is 2.31. The van der Waals surface area contributed by atoms with Crippen LogP contribution < -0.4 is 0 Å². The van der Waals surface area contributed by atoms with Gasteiger partial charge in [0.2, 0.25) is 0 Å². The lowest BCUT2D eigenvalue weighted by Gasteiger charge is -2.32. The molecule has 0 heteroatoms. The van der Waals surface area contributed by atoms with Crippen LogP contribution in [0.4, 0.5) is 0 Å². The Morgan fingerprint density at radius 1 is 0.923 bits per heavy atom. The smallest absolute Gasteiger partial charge is 0.0163 e. The van der Waals surface area contributed by atoms with Crippen molar-refractivity contribution in [2.75, 3.05) is 0 Å². The second-order valence-electron chi connectivity index (χ2n) is 3.66. The van der Waals surface area contributed by atoms with Crippen molar-refractivity contribution in [1.29, 1.82) is 0 Å². The summed E-state index contributed by atoms with van der Waals surface area (Å²) in [5.41, 5.74) is -0.0573. The summed E-state index contributed by atoms with van der Waals surface area (Å²) in [7, 11) is 0. The molecule has 0 nitrogen and oxygen atoms in total. The van der Waals surface area contributed by atoms with E-state index in [2.05, 4.69) is 31.6 Å². The zero-order valence-corrected chi connectivity index (χ0v) is 8.43. The molecule has 68 valence electrons. The molecule has 0 aliphatic carbocycles. The first-order chi connectivity index (χ1) is 6.13. The summed E-state index contributed by atoms with van der Waals surface area (Å²) in [6.07, 6.45) is 18.0. The predicted octanol–water partition coefficient (Wildman–Crippen LogP) is 2.70. The fourth-order valence-corrected chi connectivity index (χ4v) is 1.41. The third-order valence-corrected chi connectivity index (χ3v) is 2.59. The molecule has 0 fully saturated rings. The molecular formula is C13H16. The molecule has 13 heavy (non-hydrogen) atoms. The standard InChI is InChI=1S/C13H16/c1-6-9-13(10-7-2,11-8-3)12(4)5/h1-3,12H,9-11H2,4-5H3. The van der Waals surface area contributed by atoms with E-state index in [9.17, 15) is 0 Å². The Kier molecular flexibility index (Phi) is 4.80.